The van der Waals surface area contributed by atoms with Crippen LogP contribution in [0.1, 0.15) is 27.2 Å². The molecule has 0 radical (unpaired) electrons. The fraction of sp³-hybridized carbons (Fsp3) is 0.333. The standard InChI is InChI=1S/C24H28FN5O2S/c1-5-29(6-2)21(32)12-14-30-23(18-11-13-26-20(15-18)27-16(3)31)22(28-24(30)33-4)17-7-9-19(25)10-8-17/h7-11,13,15H,5-6,12,14H2,1-4H3,(H,26,27,31). The van der Waals surface area contributed by atoms with Gasteiger partial charge in [0.25, 0.3) is 0 Å². The van der Waals surface area contributed by atoms with Gasteiger partial charge in [0, 0.05) is 50.3 Å². The van der Waals surface area contributed by atoms with Gasteiger partial charge in [-0.2, -0.15) is 0 Å². The minimum atomic E-state index is -0.327. The Morgan fingerprint density at radius 1 is 1.12 bits per heavy atom. The second-order valence-corrected chi connectivity index (χ2v) is 8.15. The molecule has 0 atom stereocenters. The summed E-state index contributed by atoms with van der Waals surface area (Å²) < 4.78 is 15.6. The Bertz CT molecular complexity index is 1130. The number of nitrogens with one attached hydrogen (secondary N) is 1. The van der Waals surface area contributed by atoms with Crippen LogP contribution in [-0.2, 0) is 16.1 Å². The Morgan fingerprint density at radius 2 is 1.82 bits per heavy atom. The van der Waals surface area contributed by atoms with E-state index in [0.29, 0.717) is 37.6 Å². The Hall–Kier alpha value is -3.20. The van der Waals surface area contributed by atoms with Gasteiger partial charge >= 0.3 is 0 Å². The molecule has 0 saturated carbocycles. The molecule has 0 bridgehead atoms. The first kappa shape index (κ1) is 24.4. The number of halogens is 1. The lowest BCUT2D eigenvalue weighted by Crippen LogP contribution is -2.31. The smallest absolute Gasteiger partial charge is 0.224 e. The van der Waals surface area contributed by atoms with Crippen molar-refractivity contribution in [3.63, 3.8) is 0 Å². The summed E-state index contributed by atoms with van der Waals surface area (Å²) in [5, 5.41) is 3.45. The third-order valence-corrected chi connectivity index (χ3v) is 5.91. The van der Waals surface area contributed by atoms with Crippen LogP contribution in [0.5, 0.6) is 0 Å². The molecule has 0 aliphatic carbocycles. The minimum Gasteiger partial charge on any atom is -0.343 e. The number of carbonyl (C=O) groups excluding carboxylic acids is 2. The Balaban J connectivity index is 2.12. The van der Waals surface area contributed by atoms with Crippen LogP contribution in [0.2, 0.25) is 0 Å². The molecule has 0 unspecified atom stereocenters. The van der Waals surface area contributed by atoms with E-state index in [-0.39, 0.29) is 17.6 Å². The lowest BCUT2D eigenvalue weighted by atomic mass is 10.1. The largest absolute Gasteiger partial charge is 0.343 e. The molecule has 0 fully saturated rings. The number of nitrogens with zero attached hydrogens (tertiary/aromatic N) is 4. The van der Waals surface area contributed by atoms with Crippen LogP contribution in [0.3, 0.4) is 0 Å². The van der Waals surface area contributed by atoms with Crippen molar-refractivity contribution >= 4 is 29.4 Å². The van der Waals surface area contributed by atoms with Crippen LogP contribution < -0.4 is 5.32 Å². The first-order valence-electron chi connectivity index (χ1n) is 10.8. The van der Waals surface area contributed by atoms with Gasteiger partial charge in [0.15, 0.2) is 5.16 Å². The van der Waals surface area contributed by atoms with E-state index in [4.69, 9.17) is 4.98 Å². The summed E-state index contributed by atoms with van der Waals surface area (Å²) in [6, 6.07) is 9.78. The van der Waals surface area contributed by atoms with E-state index in [1.165, 1.54) is 30.8 Å². The van der Waals surface area contributed by atoms with Gasteiger partial charge in [0.1, 0.15) is 11.6 Å². The quantitative estimate of drug-likeness (QED) is 0.460. The first-order chi connectivity index (χ1) is 15.9. The van der Waals surface area contributed by atoms with E-state index in [0.717, 1.165) is 22.0 Å². The SMILES string of the molecule is CCN(CC)C(=O)CCn1c(SC)nc(-c2ccc(F)cc2)c1-c1ccnc(NC(C)=O)c1. The fourth-order valence-electron chi connectivity index (χ4n) is 3.67. The van der Waals surface area contributed by atoms with E-state index in [1.54, 1.807) is 29.3 Å². The maximum absolute atomic E-state index is 13.6. The summed E-state index contributed by atoms with van der Waals surface area (Å²) in [5.74, 6) is -0.0561. The van der Waals surface area contributed by atoms with Crippen LogP contribution in [0.25, 0.3) is 22.5 Å². The first-order valence-corrected chi connectivity index (χ1v) is 12.0. The molecule has 1 aromatic carbocycles. The van der Waals surface area contributed by atoms with Gasteiger partial charge in [0.05, 0.1) is 11.4 Å². The van der Waals surface area contributed by atoms with Crippen molar-refractivity contribution in [3.8, 4) is 22.5 Å². The molecular weight excluding hydrogens is 441 g/mol. The van der Waals surface area contributed by atoms with Crippen molar-refractivity contribution in [3.05, 3.63) is 48.4 Å². The summed E-state index contributed by atoms with van der Waals surface area (Å²) in [6.07, 6.45) is 3.87. The number of rotatable bonds is 9. The predicted molar refractivity (Wildman–Crippen MR) is 129 cm³/mol. The number of benzene rings is 1. The lowest BCUT2D eigenvalue weighted by Gasteiger charge is -2.19. The van der Waals surface area contributed by atoms with Crippen LogP contribution in [0.15, 0.2) is 47.8 Å². The van der Waals surface area contributed by atoms with E-state index < -0.39 is 0 Å². The number of imidazole rings is 1. The van der Waals surface area contributed by atoms with Crippen LogP contribution in [0.4, 0.5) is 10.2 Å². The van der Waals surface area contributed by atoms with Crippen LogP contribution in [-0.4, -0.2) is 50.6 Å². The Kier molecular flexibility index (Phi) is 8.21. The number of anilines is 1. The van der Waals surface area contributed by atoms with Gasteiger partial charge in [-0.3, -0.25) is 9.59 Å². The molecule has 3 rings (SSSR count). The molecular formula is C24H28FN5O2S. The maximum atomic E-state index is 13.6. The topological polar surface area (TPSA) is 80.1 Å². The number of amides is 2. The normalized spacial score (nSPS) is 10.8. The van der Waals surface area contributed by atoms with Crippen molar-refractivity contribution in [1.29, 1.82) is 0 Å². The molecule has 33 heavy (non-hydrogen) atoms. The summed E-state index contributed by atoms with van der Waals surface area (Å²) in [4.78, 5) is 35.1. The molecule has 174 valence electrons. The monoisotopic (exact) mass is 469 g/mol. The average molecular weight is 470 g/mol. The van der Waals surface area contributed by atoms with E-state index in [2.05, 4.69) is 10.3 Å². The molecule has 0 aliphatic heterocycles. The zero-order valence-corrected chi connectivity index (χ0v) is 20.1. The van der Waals surface area contributed by atoms with Gasteiger partial charge in [-0.15, -0.1) is 0 Å². The highest BCUT2D eigenvalue weighted by atomic mass is 32.2. The van der Waals surface area contributed by atoms with E-state index >= 15 is 0 Å². The van der Waals surface area contributed by atoms with Gasteiger partial charge in [-0.25, -0.2) is 14.4 Å². The third-order valence-electron chi connectivity index (χ3n) is 5.24. The molecule has 9 heteroatoms. The Labute approximate surface area is 197 Å². The number of hydrogen-bond donors (Lipinski definition) is 1. The summed E-state index contributed by atoms with van der Waals surface area (Å²) in [7, 11) is 0. The molecule has 1 N–H and O–H groups in total. The number of thioether (sulfide) groups is 1. The molecule has 2 amide bonds. The zero-order valence-electron chi connectivity index (χ0n) is 19.3. The van der Waals surface area contributed by atoms with Crippen molar-refractivity contribution in [2.45, 2.75) is 38.9 Å². The van der Waals surface area contributed by atoms with Gasteiger partial charge < -0.3 is 14.8 Å². The summed E-state index contributed by atoms with van der Waals surface area (Å²) in [5.41, 5.74) is 3.01. The number of aromatic nitrogens is 3. The highest BCUT2D eigenvalue weighted by molar-refractivity contribution is 7.98. The molecule has 2 aromatic heterocycles. The van der Waals surface area contributed by atoms with Crippen LogP contribution >= 0.6 is 11.8 Å². The Morgan fingerprint density at radius 3 is 2.42 bits per heavy atom. The van der Waals surface area contributed by atoms with Gasteiger partial charge in [-0.1, -0.05) is 11.8 Å². The number of pyridine rings is 1. The third kappa shape index (κ3) is 5.78. The second kappa shape index (κ2) is 11.1. The summed E-state index contributed by atoms with van der Waals surface area (Å²) in [6.45, 7) is 7.11. The molecule has 2 heterocycles. The van der Waals surface area contributed by atoms with E-state index in [9.17, 15) is 14.0 Å². The van der Waals surface area contributed by atoms with Crippen LogP contribution in [0, 0.1) is 5.82 Å². The van der Waals surface area contributed by atoms with Crippen molar-refractivity contribution in [2.75, 3.05) is 24.7 Å². The highest BCUT2D eigenvalue weighted by Crippen LogP contribution is 2.36. The van der Waals surface area contributed by atoms with Crippen molar-refractivity contribution in [2.24, 2.45) is 0 Å². The fourth-order valence-corrected chi connectivity index (χ4v) is 4.25. The predicted octanol–water partition coefficient (Wildman–Crippen LogP) is 4.69. The maximum Gasteiger partial charge on any atom is 0.224 e. The molecule has 7 nitrogen and oxygen atoms in total. The highest BCUT2D eigenvalue weighted by Gasteiger charge is 2.22. The average Bonchev–Trinajstić information content (AvgIpc) is 3.17. The number of carbonyl (C=O) groups is 2. The zero-order chi connectivity index (χ0) is 24.0. The second-order valence-electron chi connectivity index (χ2n) is 7.38. The molecule has 3 aromatic rings. The lowest BCUT2D eigenvalue weighted by molar-refractivity contribution is -0.131. The van der Waals surface area contributed by atoms with E-state index in [1.807, 2.05) is 30.7 Å². The molecule has 0 spiro atoms. The molecule has 0 aliphatic rings. The summed E-state index contributed by atoms with van der Waals surface area (Å²) >= 11 is 1.48. The number of hydrogen-bond acceptors (Lipinski definition) is 5. The van der Waals surface area contributed by atoms with Crippen molar-refractivity contribution < 1.29 is 14.0 Å². The van der Waals surface area contributed by atoms with Gasteiger partial charge in [-0.05, 0) is 56.5 Å². The minimum absolute atomic E-state index is 0.0729. The molecule has 0 saturated heterocycles. The van der Waals surface area contributed by atoms with Crippen molar-refractivity contribution in [1.82, 2.24) is 19.4 Å². The van der Waals surface area contributed by atoms with Gasteiger partial charge in [0.2, 0.25) is 11.8 Å².